The summed E-state index contributed by atoms with van der Waals surface area (Å²) in [5.74, 6) is -0.824. The van der Waals surface area contributed by atoms with Gasteiger partial charge in [0.2, 0.25) is 0 Å². The molecule has 2 aromatic heterocycles. The largest absolute Gasteiger partial charge is 0.507 e. The molecule has 32 heavy (non-hydrogen) atoms. The fourth-order valence-corrected chi connectivity index (χ4v) is 3.88. The van der Waals surface area contributed by atoms with Crippen LogP contribution in [0.25, 0.3) is 5.76 Å². The molecule has 0 aliphatic carbocycles. The lowest BCUT2D eigenvalue weighted by Gasteiger charge is -2.25. The van der Waals surface area contributed by atoms with Crippen LogP contribution in [0.5, 0.6) is 5.75 Å². The molecular formula is C24H24N4O4. The molecule has 0 bridgehead atoms. The van der Waals surface area contributed by atoms with Crippen LogP contribution in [0.4, 0.5) is 0 Å². The molecule has 1 aliphatic rings. The number of carbonyl (C=O) groups is 2. The number of aryl methyl sites for hydroxylation is 1. The molecule has 3 aromatic rings. The molecule has 1 amide bonds. The Morgan fingerprint density at radius 2 is 1.78 bits per heavy atom. The van der Waals surface area contributed by atoms with Crippen molar-refractivity contribution in [2.24, 2.45) is 0 Å². The van der Waals surface area contributed by atoms with Crippen LogP contribution in [0.1, 0.15) is 30.5 Å². The fourth-order valence-electron chi connectivity index (χ4n) is 3.88. The number of rotatable bonds is 8. The van der Waals surface area contributed by atoms with Gasteiger partial charge in [-0.2, -0.15) is 0 Å². The smallest absolute Gasteiger partial charge is 0.295 e. The van der Waals surface area contributed by atoms with Gasteiger partial charge in [-0.3, -0.25) is 14.6 Å². The van der Waals surface area contributed by atoms with Crippen molar-refractivity contribution in [2.45, 2.75) is 25.9 Å². The zero-order chi connectivity index (χ0) is 22.5. The van der Waals surface area contributed by atoms with Crippen LogP contribution < -0.4 is 4.74 Å². The van der Waals surface area contributed by atoms with Crippen LogP contribution in [0.15, 0.2) is 73.1 Å². The van der Waals surface area contributed by atoms with Gasteiger partial charge in [0.1, 0.15) is 11.5 Å². The quantitative estimate of drug-likeness (QED) is 0.334. The lowest BCUT2D eigenvalue weighted by atomic mass is 9.95. The van der Waals surface area contributed by atoms with Crippen molar-refractivity contribution < 1.29 is 19.4 Å². The third kappa shape index (κ3) is 4.25. The fraction of sp³-hybridized carbons (Fsp3) is 0.250. The van der Waals surface area contributed by atoms with E-state index in [0.717, 1.165) is 5.56 Å². The van der Waals surface area contributed by atoms with Crippen LogP contribution in [0, 0.1) is 0 Å². The molecule has 1 N–H and O–H groups in total. The molecule has 3 heterocycles. The summed E-state index contributed by atoms with van der Waals surface area (Å²) in [6.07, 6.45) is 8.94. The van der Waals surface area contributed by atoms with E-state index in [9.17, 15) is 14.7 Å². The second-order valence-corrected chi connectivity index (χ2v) is 7.38. The van der Waals surface area contributed by atoms with Crippen molar-refractivity contribution in [1.82, 2.24) is 19.4 Å². The lowest BCUT2D eigenvalue weighted by Crippen LogP contribution is -2.31. The topological polar surface area (TPSA) is 97.5 Å². The van der Waals surface area contributed by atoms with Crippen LogP contribution in [-0.2, 0) is 16.1 Å². The van der Waals surface area contributed by atoms with Gasteiger partial charge in [-0.05, 0) is 43.2 Å². The molecular weight excluding hydrogens is 408 g/mol. The van der Waals surface area contributed by atoms with Gasteiger partial charge in [-0.25, -0.2) is 4.98 Å². The Kier molecular flexibility index (Phi) is 6.30. The zero-order valence-corrected chi connectivity index (χ0v) is 17.7. The van der Waals surface area contributed by atoms with Gasteiger partial charge in [0.05, 0.1) is 24.5 Å². The first-order valence-corrected chi connectivity index (χ1v) is 10.5. The Morgan fingerprint density at radius 3 is 2.44 bits per heavy atom. The van der Waals surface area contributed by atoms with Gasteiger partial charge in [-0.1, -0.05) is 12.1 Å². The van der Waals surface area contributed by atoms with E-state index in [-0.39, 0.29) is 11.3 Å². The van der Waals surface area contributed by atoms with E-state index < -0.39 is 17.7 Å². The first-order chi connectivity index (χ1) is 15.6. The molecule has 1 aliphatic heterocycles. The molecule has 1 fully saturated rings. The highest BCUT2D eigenvalue weighted by Gasteiger charge is 2.45. The van der Waals surface area contributed by atoms with Gasteiger partial charge in [0.25, 0.3) is 11.7 Å². The number of hydrogen-bond acceptors (Lipinski definition) is 6. The molecule has 1 saturated heterocycles. The number of carbonyl (C=O) groups excluding carboxylic acids is 2. The van der Waals surface area contributed by atoms with Gasteiger partial charge >= 0.3 is 0 Å². The Balaban J connectivity index is 1.70. The summed E-state index contributed by atoms with van der Waals surface area (Å²) in [5, 5.41) is 11.0. The predicted octanol–water partition coefficient (Wildman–Crippen LogP) is 3.19. The number of Topliss-reactive ketones (excluding diaryl/α,β-unsaturated/α-hetero) is 1. The molecule has 4 rings (SSSR count). The standard InChI is InChI=1S/C24H24N4O4/c1-2-32-19-6-4-17(5-7-19)21-20(22(29)18-8-10-25-11-9-18)23(30)24(31)28(21)14-3-13-27-15-12-26-16-27/h4-12,15-16,21,29H,2-3,13-14H2,1H3. The second-order valence-electron chi connectivity index (χ2n) is 7.38. The monoisotopic (exact) mass is 432 g/mol. The molecule has 164 valence electrons. The van der Waals surface area contributed by atoms with E-state index in [4.69, 9.17) is 4.74 Å². The lowest BCUT2D eigenvalue weighted by molar-refractivity contribution is -0.139. The SMILES string of the molecule is CCOc1ccc(C2C(=C(O)c3ccncc3)C(=O)C(=O)N2CCCn2ccnc2)cc1. The normalized spacial score (nSPS) is 17.7. The number of likely N-dealkylation sites (tertiary alicyclic amines) is 1. The maximum absolute atomic E-state index is 13.0. The third-order valence-corrected chi connectivity index (χ3v) is 5.38. The number of amides is 1. The highest BCUT2D eigenvalue weighted by atomic mass is 16.5. The van der Waals surface area contributed by atoms with Crippen molar-refractivity contribution in [3.05, 3.63) is 84.2 Å². The van der Waals surface area contributed by atoms with E-state index >= 15 is 0 Å². The molecule has 0 radical (unpaired) electrons. The summed E-state index contributed by atoms with van der Waals surface area (Å²) in [6, 6.07) is 9.78. The maximum atomic E-state index is 13.0. The van der Waals surface area contributed by atoms with Crippen molar-refractivity contribution in [2.75, 3.05) is 13.2 Å². The summed E-state index contributed by atoms with van der Waals surface area (Å²) < 4.78 is 7.43. The molecule has 1 unspecified atom stereocenters. The molecule has 0 spiro atoms. The minimum atomic E-state index is -0.694. The number of pyridine rings is 1. The predicted molar refractivity (Wildman–Crippen MR) is 118 cm³/mol. The number of nitrogens with zero attached hydrogens (tertiary/aromatic N) is 4. The molecule has 8 nitrogen and oxygen atoms in total. The van der Waals surface area contributed by atoms with Crippen molar-refractivity contribution in [3.63, 3.8) is 0 Å². The molecule has 0 saturated carbocycles. The van der Waals surface area contributed by atoms with Crippen LogP contribution >= 0.6 is 0 Å². The van der Waals surface area contributed by atoms with Gasteiger partial charge in [-0.15, -0.1) is 0 Å². The van der Waals surface area contributed by atoms with Crippen molar-refractivity contribution >= 4 is 17.4 Å². The number of aliphatic hydroxyl groups is 1. The highest BCUT2D eigenvalue weighted by Crippen LogP contribution is 2.39. The number of aliphatic hydroxyl groups excluding tert-OH is 1. The Bertz CT molecular complexity index is 1110. The van der Waals surface area contributed by atoms with Crippen molar-refractivity contribution in [1.29, 1.82) is 0 Å². The summed E-state index contributed by atoms with van der Waals surface area (Å²) in [4.78, 5) is 35.5. The van der Waals surface area contributed by atoms with E-state index in [1.165, 1.54) is 17.3 Å². The highest BCUT2D eigenvalue weighted by molar-refractivity contribution is 6.46. The average Bonchev–Trinajstić information content (AvgIpc) is 3.42. The van der Waals surface area contributed by atoms with E-state index in [1.807, 2.05) is 29.8 Å². The van der Waals surface area contributed by atoms with E-state index in [0.29, 0.717) is 37.4 Å². The first kappa shape index (κ1) is 21.3. The summed E-state index contributed by atoms with van der Waals surface area (Å²) >= 11 is 0. The van der Waals surface area contributed by atoms with Gasteiger partial charge in [0, 0.05) is 43.4 Å². The maximum Gasteiger partial charge on any atom is 0.295 e. The van der Waals surface area contributed by atoms with Gasteiger partial charge in [0.15, 0.2) is 0 Å². The van der Waals surface area contributed by atoms with Crippen LogP contribution in [0.2, 0.25) is 0 Å². The van der Waals surface area contributed by atoms with Crippen LogP contribution in [-0.4, -0.2) is 49.4 Å². The number of hydrogen-bond donors (Lipinski definition) is 1. The molecule has 1 atom stereocenters. The van der Waals surface area contributed by atoms with Gasteiger partial charge < -0.3 is 19.3 Å². The first-order valence-electron chi connectivity index (χ1n) is 10.5. The Labute approximate surface area is 185 Å². The number of ether oxygens (including phenoxy) is 1. The Morgan fingerprint density at radius 1 is 1.03 bits per heavy atom. The third-order valence-electron chi connectivity index (χ3n) is 5.38. The zero-order valence-electron chi connectivity index (χ0n) is 17.7. The summed E-state index contributed by atoms with van der Waals surface area (Å²) in [6.45, 7) is 3.45. The van der Waals surface area contributed by atoms with E-state index in [2.05, 4.69) is 9.97 Å². The Hall–Kier alpha value is -3.94. The van der Waals surface area contributed by atoms with Crippen molar-refractivity contribution in [3.8, 4) is 5.75 Å². The van der Waals surface area contributed by atoms with Crippen LogP contribution in [0.3, 0.4) is 0 Å². The second kappa shape index (κ2) is 9.47. The molecule has 1 aromatic carbocycles. The minimum absolute atomic E-state index is 0.0768. The van der Waals surface area contributed by atoms with E-state index in [1.54, 1.807) is 36.8 Å². The number of benzene rings is 1. The number of aromatic nitrogens is 3. The minimum Gasteiger partial charge on any atom is -0.507 e. The summed E-state index contributed by atoms with van der Waals surface area (Å²) in [7, 11) is 0. The number of ketones is 1. The molecule has 8 heteroatoms. The summed E-state index contributed by atoms with van der Waals surface area (Å²) in [5.41, 5.74) is 1.24. The number of imidazole rings is 1. The average molecular weight is 432 g/mol.